The van der Waals surface area contributed by atoms with E-state index in [1.165, 1.54) is 16.4 Å². The lowest BCUT2D eigenvalue weighted by atomic mass is 10.2. The van der Waals surface area contributed by atoms with Crippen LogP contribution in [-0.2, 0) is 4.79 Å². The molecule has 31 heavy (non-hydrogen) atoms. The van der Waals surface area contributed by atoms with E-state index in [2.05, 4.69) is 15.5 Å². The van der Waals surface area contributed by atoms with Crippen LogP contribution in [0.4, 0.5) is 5.82 Å². The monoisotopic (exact) mass is 435 g/mol. The first kappa shape index (κ1) is 19.4. The maximum Gasteiger partial charge on any atom is 0.236 e. The number of nitrogens with one attached hydrogen (secondary N) is 1. The van der Waals surface area contributed by atoms with Crippen LogP contribution in [0.2, 0.25) is 0 Å². The number of benzene rings is 1. The van der Waals surface area contributed by atoms with Crippen molar-refractivity contribution in [2.24, 2.45) is 0 Å². The molecule has 3 aromatic heterocycles. The molecule has 9 nitrogen and oxygen atoms in total. The minimum atomic E-state index is -0.173. The molecule has 1 saturated carbocycles. The van der Waals surface area contributed by atoms with Gasteiger partial charge in [-0.15, -0.1) is 10.2 Å². The number of anilines is 1. The van der Waals surface area contributed by atoms with E-state index in [1.807, 2.05) is 43.3 Å². The van der Waals surface area contributed by atoms with E-state index >= 15 is 0 Å². The van der Waals surface area contributed by atoms with Crippen molar-refractivity contribution in [3.05, 3.63) is 60.2 Å². The third-order valence-electron chi connectivity index (χ3n) is 5.09. The first-order valence-corrected chi connectivity index (χ1v) is 10.9. The third-order valence-corrected chi connectivity index (χ3v) is 6.03. The predicted octanol–water partition coefficient (Wildman–Crippen LogP) is 3.35. The molecule has 1 aliphatic rings. The normalized spacial score (nSPS) is 13.5. The van der Waals surface area contributed by atoms with Gasteiger partial charge in [-0.2, -0.15) is 5.10 Å². The number of nitrogen functional groups attached to an aromatic ring is 1. The van der Waals surface area contributed by atoms with E-state index in [0.29, 0.717) is 28.5 Å². The molecule has 3 N–H and O–H groups in total. The molecule has 0 bridgehead atoms. The number of carbonyl (C=O) groups is 1. The number of thioether (sulfide) groups is 1. The Labute approximate surface area is 182 Å². The molecule has 1 aliphatic carbocycles. The van der Waals surface area contributed by atoms with Gasteiger partial charge in [-0.3, -0.25) is 4.79 Å². The molecular formula is C21H21N7O2S. The summed E-state index contributed by atoms with van der Waals surface area (Å²) in [5, 5.41) is 16.4. The van der Waals surface area contributed by atoms with Gasteiger partial charge in [0.1, 0.15) is 11.6 Å². The van der Waals surface area contributed by atoms with Crippen LogP contribution in [0.1, 0.15) is 30.2 Å². The SMILES string of the molecule is Cc1occc1-c1nnc(SCC(=O)Nc2cc(C3CC3)nn2-c2ccccc2)n1N. The number of furan rings is 1. The Morgan fingerprint density at radius 1 is 1.26 bits per heavy atom. The molecule has 1 amide bonds. The zero-order valence-corrected chi connectivity index (χ0v) is 17.7. The van der Waals surface area contributed by atoms with Crippen molar-refractivity contribution in [1.82, 2.24) is 24.7 Å². The fraction of sp³-hybridized carbons (Fsp3) is 0.238. The molecule has 0 spiro atoms. The van der Waals surface area contributed by atoms with Crippen molar-refractivity contribution in [3.8, 4) is 17.1 Å². The molecule has 10 heteroatoms. The molecule has 4 aromatic rings. The van der Waals surface area contributed by atoms with E-state index in [-0.39, 0.29) is 11.7 Å². The lowest BCUT2D eigenvalue weighted by Crippen LogP contribution is -2.18. The maximum absolute atomic E-state index is 12.7. The van der Waals surface area contributed by atoms with Crippen molar-refractivity contribution >= 4 is 23.5 Å². The lowest BCUT2D eigenvalue weighted by molar-refractivity contribution is -0.113. The first-order chi connectivity index (χ1) is 15.1. The van der Waals surface area contributed by atoms with Gasteiger partial charge in [-0.1, -0.05) is 30.0 Å². The predicted molar refractivity (Wildman–Crippen MR) is 118 cm³/mol. The quantitative estimate of drug-likeness (QED) is 0.338. The smallest absolute Gasteiger partial charge is 0.236 e. The topological polar surface area (TPSA) is 117 Å². The van der Waals surface area contributed by atoms with E-state index in [0.717, 1.165) is 29.8 Å². The Hall–Kier alpha value is -3.53. The van der Waals surface area contributed by atoms with Crippen LogP contribution in [0.5, 0.6) is 0 Å². The van der Waals surface area contributed by atoms with Gasteiger partial charge in [0.2, 0.25) is 11.1 Å². The summed E-state index contributed by atoms with van der Waals surface area (Å²) in [6.07, 6.45) is 3.85. The summed E-state index contributed by atoms with van der Waals surface area (Å²) in [6.45, 7) is 1.83. The van der Waals surface area contributed by atoms with Crippen molar-refractivity contribution < 1.29 is 9.21 Å². The van der Waals surface area contributed by atoms with Crippen LogP contribution in [-0.4, -0.2) is 36.3 Å². The minimum Gasteiger partial charge on any atom is -0.469 e. The van der Waals surface area contributed by atoms with Gasteiger partial charge in [-0.25, -0.2) is 9.36 Å². The molecule has 0 aliphatic heterocycles. The number of para-hydroxylation sites is 1. The highest BCUT2D eigenvalue weighted by Gasteiger charge is 2.28. The number of nitrogens with two attached hydrogens (primary N) is 1. The van der Waals surface area contributed by atoms with Gasteiger partial charge in [0.15, 0.2) is 5.82 Å². The highest BCUT2D eigenvalue weighted by atomic mass is 32.2. The second kappa shape index (κ2) is 7.95. The molecule has 0 atom stereocenters. The summed E-state index contributed by atoms with van der Waals surface area (Å²) in [4.78, 5) is 12.7. The highest BCUT2D eigenvalue weighted by molar-refractivity contribution is 7.99. The van der Waals surface area contributed by atoms with Crippen molar-refractivity contribution in [3.63, 3.8) is 0 Å². The molecule has 1 fully saturated rings. The lowest BCUT2D eigenvalue weighted by Gasteiger charge is -2.08. The first-order valence-electron chi connectivity index (χ1n) is 9.93. The second-order valence-corrected chi connectivity index (χ2v) is 8.32. The van der Waals surface area contributed by atoms with Crippen LogP contribution in [0, 0.1) is 6.92 Å². The van der Waals surface area contributed by atoms with Crippen molar-refractivity contribution in [2.75, 3.05) is 16.9 Å². The number of aromatic nitrogens is 5. The van der Waals surface area contributed by atoms with Gasteiger partial charge in [0, 0.05) is 12.0 Å². The highest BCUT2D eigenvalue weighted by Crippen LogP contribution is 2.40. The average molecular weight is 436 g/mol. The summed E-state index contributed by atoms with van der Waals surface area (Å²) >= 11 is 1.22. The number of aryl methyl sites for hydroxylation is 1. The number of amides is 1. The molecule has 0 radical (unpaired) electrons. The second-order valence-electron chi connectivity index (χ2n) is 7.38. The molecule has 0 unspecified atom stereocenters. The molecule has 5 rings (SSSR count). The van der Waals surface area contributed by atoms with E-state index in [9.17, 15) is 4.79 Å². The number of hydrogen-bond acceptors (Lipinski definition) is 7. The van der Waals surface area contributed by atoms with Crippen molar-refractivity contribution in [2.45, 2.75) is 30.8 Å². The van der Waals surface area contributed by atoms with Gasteiger partial charge < -0.3 is 15.6 Å². The fourth-order valence-corrected chi connectivity index (χ4v) is 3.97. The number of rotatable bonds is 7. The third kappa shape index (κ3) is 3.93. The van der Waals surface area contributed by atoms with Gasteiger partial charge >= 0.3 is 0 Å². The Morgan fingerprint density at radius 2 is 2.06 bits per heavy atom. The Bertz CT molecular complexity index is 1220. The number of carbonyl (C=O) groups excluding carboxylic acids is 1. The summed E-state index contributed by atoms with van der Waals surface area (Å²) in [7, 11) is 0. The van der Waals surface area contributed by atoms with Gasteiger partial charge in [-0.05, 0) is 38.0 Å². The summed E-state index contributed by atoms with van der Waals surface area (Å²) in [6, 6.07) is 13.5. The summed E-state index contributed by atoms with van der Waals surface area (Å²) in [5.41, 5.74) is 2.68. The molecule has 0 saturated heterocycles. The molecule has 1 aromatic carbocycles. The van der Waals surface area contributed by atoms with Crippen LogP contribution in [0.3, 0.4) is 0 Å². The standard InChI is InChI=1S/C21H21N7O2S/c1-13-16(9-10-30-13)20-24-25-21(27(20)22)31-12-19(29)23-18-11-17(14-7-8-14)26-28(18)15-5-3-2-4-6-15/h2-6,9-11,14H,7-8,12,22H2,1H3,(H,23,29). The summed E-state index contributed by atoms with van der Waals surface area (Å²) < 4.78 is 8.45. The number of nitrogens with zero attached hydrogens (tertiary/aromatic N) is 5. The summed E-state index contributed by atoms with van der Waals surface area (Å²) in [5.74, 6) is 8.43. The average Bonchev–Trinajstić information content (AvgIpc) is 3.26. The molecular weight excluding hydrogens is 414 g/mol. The van der Waals surface area contributed by atoms with Crippen LogP contribution < -0.4 is 11.2 Å². The number of hydrogen-bond donors (Lipinski definition) is 2. The molecule has 158 valence electrons. The zero-order chi connectivity index (χ0) is 21.4. The van der Waals surface area contributed by atoms with Crippen LogP contribution in [0.15, 0.2) is 58.3 Å². The Balaban J connectivity index is 1.30. The Morgan fingerprint density at radius 3 is 2.77 bits per heavy atom. The fourth-order valence-electron chi connectivity index (χ4n) is 3.32. The maximum atomic E-state index is 12.7. The van der Waals surface area contributed by atoms with E-state index < -0.39 is 0 Å². The van der Waals surface area contributed by atoms with Crippen LogP contribution >= 0.6 is 11.8 Å². The largest absolute Gasteiger partial charge is 0.469 e. The van der Waals surface area contributed by atoms with E-state index in [1.54, 1.807) is 17.0 Å². The van der Waals surface area contributed by atoms with Gasteiger partial charge in [0.25, 0.3) is 0 Å². The zero-order valence-electron chi connectivity index (χ0n) is 16.9. The van der Waals surface area contributed by atoms with Crippen LogP contribution in [0.25, 0.3) is 17.1 Å². The van der Waals surface area contributed by atoms with Crippen molar-refractivity contribution in [1.29, 1.82) is 0 Å². The Kier molecular flexibility index (Phi) is 4.99. The van der Waals surface area contributed by atoms with Gasteiger partial charge in [0.05, 0.1) is 29.0 Å². The molecule has 3 heterocycles. The minimum absolute atomic E-state index is 0.137. The van der Waals surface area contributed by atoms with E-state index in [4.69, 9.17) is 15.4 Å².